The fourth-order valence-corrected chi connectivity index (χ4v) is 5.29. The molecule has 0 aliphatic rings. The van der Waals surface area contributed by atoms with Crippen LogP contribution < -0.4 is 4.18 Å². The Hall–Kier alpha value is -2.42. The van der Waals surface area contributed by atoms with Crippen molar-refractivity contribution in [3.63, 3.8) is 0 Å². The van der Waals surface area contributed by atoms with Crippen molar-refractivity contribution < 1.29 is 21.0 Å². The van der Waals surface area contributed by atoms with E-state index in [9.17, 15) is 16.8 Å². The first-order valence-electron chi connectivity index (χ1n) is 9.52. The molecule has 0 amide bonds. The Balaban J connectivity index is 1.96. The first-order chi connectivity index (χ1) is 14.0. The van der Waals surface area contributed by atoms with Crippen LogP contribution in [0.4, 0.5) is 0 Å². The molecule has 30 heavy (non-hydrogen) atoms. The first kappa shape index (κ1) is 22.3. The quantitative estimate of drug-likeness (QED) is 0.487. The zero-order valence-electron chi connectivity index (χ0n) is 17.1. The normalized spacial score (nSPS) is 12.6. The van der Waals surface area contributed by atoms with E-state index >= 15 is 0 Å². The highest BCUT2D eigenvalue weighted by atomic mass is 32.2. The van der Waals surface area contributed by atoms with Gasteiger partial charge in [-0.2, -0.15) is 12.7 Å². The number of sulfonamides is 1. The van der Waals surface area contributed by atoms with Gasteiger partial charge in [0.1, 0.15) is 5.75 Å². The van der Waals surface area contributed by atoms with Crippen LogP contribution in [-0.4, -0.2) is 33.9 Å². The summed E-state index contributed by atoms with van der Waals surface area (Å²) >= 11 is 0. The smallest absolute Gasteiger partial charge is 0.306 e. The van der Waals surface area contributed by atoms with Crippen LogP contribution in [0.15, 0.2) is 71.6 Å². The summed E-state index contributed by atoms with van der Waals surface area (Å²) in [4.78, 5) is 0.227. The highest BCUT2D eigenvalue weighted by Crippen LogP contribution is 2.25. The molecule has 160 valence electrons. The molecule has 0 spiro atoms. The third-order valence-corrected chi connectivity index (χ3v) is 6.74. The van der Waals surface area contributed by atoms with Crippen LogP contribution in [0, 0.1) is 5.92 Å². The van der Waals surface area contributed by atoms with Crippen LogP contribution in [0.5, 0.6) is 5.75 Å². The number of nitrogens with zero attached hydrogens (tertiary/aromatic N) is 1. The molecule has 6 nitrogen and oxygen atoms in total. The monoisotopic (exact) mass is 447 g/mol. The molecule has 0 radical (unpaired) electrons. The average Bonchev–Trinajstić information content (AvgIpc) is 2.65. The van der Waals surface area contributed by atoms with E-state index in [2.05, 4.69) is 0 Å². The van der Waals surface area contributed by atoms with Crippen LogP contribution in [-0.2, 0) is 26.7 Å². The van der Waals surface area contributed by atoms with Crippen molar-refractivity contribution in [3.05, 3.63) is 72.3 Å². The van der Waals surface area contributed by atoms with Gasteiger partial charge in [-0.15, -0.1) is 0 Å². The van der Waals surface area contributed by atoms with Crippen LogP contribution >= 0.6 is 0 Å². The molecule has 0 aliphatic heterocycles. The second-order valence-corrected chi connectivity index (χ2v) is 11.1. The molecule has 0 saturated heterocycles. The maximum atomic E-state index is 13.4. The number of fused-ring (bicyclic) bond motifs is 1. The van der Waals surface area contributed by atoms with E-state index in [1.807, 2.05) is 38.1 Å². The zero-order chi connectivity index (χ0) is 21.9. The highest BCUT2D eigenvalue weighted by Gasteiger charge is 2.26. The summed E-state index contributed by atoms with van der Waals surface area (Å²) in [7, 11) is -7.42. The van der Waals surface area contributed by atoms with Crippen molar-refractivity contribution in [2.24, 2.45) is 5.92 Å². The largest absolute Gasteiger partial charge is 0.383 e. The second-order valence-electron chi connectivity index (χ2n) is 7.64. The summed E-state index contributed by atoms with van der Waals surface area (Å²) < 4.78 is 56.0. The third kappa shape index (κ3) is 5.59. The number of hydrogen-bond acceptors (Lipinski definition) is 5. The Morgan fingerprint density at radius 3 is 2.23 bits per heavy atom. The van der Waals surface area contributed by atoms with Gasteiger partial charge in [0.15, 0.2) is 0 Å². The molecule has 0 heterocycles. The average molecular weight is 448 g/mol. The van der Waals surface area contributed by atoms with Crippen molar-refractivity contribution in [2.45, 2.75) is 25.3 Å². The van der Waals surface area contributed by atoms with Crippen LogP contribution in [0.25, 0.3) is 10.8 Å². The fourth-order valence-electron chi connectivity index (χ4n) is 3.21. The molecule has 8 heteroatoms. The van der Waals surface area contributed by atoms with Crippen LogP contribution in [0.1, 0.15) is 19.4 Å². The SMILES string of the molecule is CC(C)CN(Cc1cccc(OS(C)(=O)=O)c1)S(=O)(=O)c1ccc2ccccc2c1. The Labute approximate surface area is 178 Å². The molecule has 0 atom stereocenters. The number of rotatable bonds is 8. The standard InChI is InChI=1S/C22H25NO5S2/c1-17(2)15-23(16-18-7-6-10-21(13-18)28-29(3,24)25)30(26,27)22-12-11-19-8-4-5-9-20(19)14-22/h4-14,17H,15-16H2,1-3H3. The zero-order valence-corrected chi connectivity index (χ0v) is 18.8. The second kappa shape index (κ2) is 8.75. The lowest BCUT2D eigenvalue weighted by molar-refractivity contribution is 0.361. The summed E-state index contributed by atoms with van der Waals surface area (Å²) in [6, 6.07) is 19.2. The van der Waals surface area contributed by atoms with E-state index in [0.29, 0.717) is 12.1 Å². The van der Waals surface area contributed by atoms with Crippen molar-refractivity contribution in [2.75, 3.05) is 12.8 Å². The maximum absolute atomic E-state index is 13.4. The van der Waals surface area contributed by atoms with Crippen molar-refractivity contribution in [1.82, 2.24) is 4.31 Å². The molecule has 0 N–H and O–H groups in total. The molecule has 0 bridgehead atoms. The predicted octanol–water partition coefficient (Wildman–Crippen LogP) is 4.03. The predicted molar refractivity (Wildman–Crippen MR) is 118 cm³/mol. The lowest BCUT2D eigenvalue weighted by Gasteiger charge is -2.24. The van der Waals surface area contributed by atoms with E-state index in [-0.39, 0.29) is 23.1 Å². The Bertz CT molecular complexity index is 1250. The van der Waals surface area contributed by atoms with Crippen molar-refractivity contribution >= 4 is 30.9 Å². The van der Waals surface area contributed by atoms with Gasteiger partial charge in [0.2, 0.25) is 10.0 Å². The first-order valence-corrected chi connectivity index (χ1v) is 12.8. The van der Waals surface area contributed by atoms with E-state index in [4.69, 9.17) is 4.18 Å². The molecular formula is C22H25NO5S2. The minimum Gasteiger partial charge on any atom is -0.383 e. The minimum atomic E-state index is -3.76. The van der Waals surface area contributed by atoms with Gasteiger partial charge in [-0.1, -0.05) is 56.3 Å². The van der Waals surface area contributed by atoms with Gasteiger partial charge < -0.3 is 4.18 Å². The number of hydrogen-bond donors (Lipinski definition) is 0. The Kier molecular flexibility index (Phi) is 6.50. The van der Waals surface area contributed by atoms with Crippen LogP contribution in [0.2, 0.25) is 0 Å². The molecule has 0 fully saturated rings. The molecule has 0 aromatic heterocycles. The molecule has 3 aromatic rings. The van der Waals surface area contributed by atoms with Crippen molar-refractivity contribution in [1.29, 1.82) is 0 Å². The summed E-state index contributed by atoms with van der Waals surface area (Å²) in [6.45, 7) is 4.33. The van der Waals surface area contributed by atoms with Gasteiger partial charge in [0.05, 0.1) is 11.2 Å². The summed E-state index contributed by atoms with van der Waals surface area (Å²) in [5.74, 6) is 0.262. The lowest BCUT2D eigenvalue weighted by Crippen LogP contribution is -2.33. The van der Waals surface area contributed by atoms with Gasteiger partial charge >= 0.3 is 10.1 Å². The van der Waals surface area contributed by atoms with E-state index in [0.717, 1.165) is 17.0 Å². The molecule has 3 rings (SSSR count). The summed E-state index contributed by atoms with van der Waals surface area (Å²) in [6.07, 6.45) is 0.967. The Morgan fingerprint density at radius 1 is 0.867 bits per heavy atom. The molecule has 0 unspecified atom stereocenters. The van der Waals surface area contributed by atoms with Gasteiger partial charge in [-0.3, -0.25) is 0 Å². The third-order valence-electron chi connectivity index (χ3n) is 4.43. The van der Waals surface area contributed by atoms with Crippen molar-refractivity contribution in [3.8, 4) is 5.75 Å². The summed E-state index contributed by atoms with van der Waals surface area (Å²) in [5.41, 5.74) is 0.640. The lowest BCUT2D eigenvalue weighted by atomic mass is 10.1. The van der Waals surface area contributed by atoms with Gasteiger partial charge in [-0.25, -0.2) is 8.42 Å². The molecule has 0 aliphatic carbocycles. The van der Waals surface area contributed by atoms with Gasteiger partial charge in [-0.05, 0) is 46.5 Å². The molecule has 3 aromatic carbocycles. The van der Waals surface area contributed by atoms with E-state index < -0.39 is 20.1 Å². The molecule has 0 saturated carbocycles. The highest BCUT2D eigenvalue weighted by molar-refractivity contribution is 7.89. The fraction of sp³-hybridized carbons (Fsp3) is 0.273. The summed E-state index contributed by atoms with van der Waals surface area (Å²) in [5, 5.41) is 1.82. The number of benzene rings is 3. The van der Waals surface area contributed by atoms with Gasteiger partial charge in [0, 0.05) is 13.1 Å². The molecular weight excluding hydrogens is 422 g/mol. The van der Waals surface area contributed by atoms with E-state index in [1.54, 1.807) is 36.4 Å². The van der Waals surface area contributed by atoms with E-state index in [1.165, 1.54) is 10.4 Å². The van der Waals surface area contributed by atoms with Gasteiger partial charge in [0.25, 0.3) is 0 Å². The van der Waals surface area contributed by atoms with Crippen LogP contribution in [0.3, 0.4) is 0 Å². The topological polar surface area (TPSA) is 80.8 Å². The maximum Gasteiger partial charge on any atom is 0.306 e. The minimum absolute atomic E-state index is 0.105. The Morgan fingerprint density at radius 2 is 1.57 bits per heavy atom.